The van der Waals surface area contributed by atoms with E-state index in [-0.39, 0.29) is 11.7 Å². The van der Waals surface area contributed by atoms with Crippen LogP contribution < -0.4 is 10.1 Å². The van der Waals surface area contributed by atoms with Gasteiger partial charge in [0, 0.05) is 17.3 Å². The van der Waals surface area contributed by atoms with Crippen LogP contribution in [0.2, 0.25) is 0 Å². The zero-order chi connectivity index (χ0) is 25.8. The van der Waals surface area contributed by atoms with Crippen LogP contribution >= 0.6 is 0 Å². The van der Waals surface area contributed by atoms with Crippen molar-refractivity contribution in [3.63, 3.8) is 0 Å². The number of amides is 1. The van der Waals surface area contributed by atoms with Crippen LogP contribution in [0, 0.1) is 11.6 Å². The summed E-state index contributed by atoms with van der Waals surface area (Å²) in [5.74, 6) is -0.900. The van der Waals surface area contributed by atoms with Gasteiger partial charge in [0.1, 0.15) is 17.4 Å². The number of rotatable bonds is 7. The van der Waals surface area contributed by atoms with E-state index in [1.807, 2.05) is 54.6 Å². The van der Waals surface area contributed by atoms with Crippen molar-refractivity contribution in [1.29, 1.82) is 0 Å². The minimum Gasteiger partial charge on any atom is -0.496 e. The Balaban J connectivity index is 1.51. The Labute approximate surface area is 213 Å². The lowest BCUT2D eigenvalue weighted by Crippen LogP contribution is -2.23. The highest BCUT2D eigenvalue weighted by atomic mass is 19.1. The van der Waals surface area contributed by atoms with E-state index in [1.54, 1.807) is 31.5 Å². The van der Waals surface area contributed by atoms with Crippen LogP contribution in [0.3, 0.4) is 0 Å². The monoisotopic (exact) mass is 494 g/mol. The summed E-state index contributed by atoms with van der Waals surface area (Å²) in [6, 6.07) is 27.4. The molecule has 5 rings (SSSR count). The van der Waals surface area contributed by atoms with Gasteiger partial charge in [0.15, 0.2) is 0 Å². The van der Waals surface area contributed by atoms with Crippen LogP contribution in [0.5, 0.6) is 5.75 Å². The number of carbonyl (C=O) groups excluding carboxylic acids is 1. The summed E-state index contributed by atoms with van der Waals surface area (Å²) in [6.07, 6.45) is 2.08. The molecule has 1 heterocycles. The van der Waals surface area contributed by atoms with E-state index in [1.165, 1.54) is 24.3 Å². The Morgan fingerprint density at radius 1 is 0.892 bits per heavy atom. The first kappa shape index (κ1) is 24.1. The third-order valence-corrected chi connectivity index (χ3v) is 6.35. The van der Waals surface area contributed by atoms with Crippen molar-refractivity contribution < 1.29 is 18.3 Å². The summed E-state index contributed by atoms with van der Waals surface area (Å²) in [7, 11) is 1.59. The fraction of sp³-hybridized carbons (Fsp3) is 0.0968. The van der Waals surface area contributed by atoms with E-state index in [0.29, 0.717) is 28.8 Å². The normalized spacial score (nSPS) is 11.8. The van der Waals surface area contributed by atoms with E-state index in [2.05, 4.69) is 10.3 Å². The van der Waals surface area contributed by atoms with Crippen LogP contribution in [-0.4, -0.2) is 18.0 Å². The molecule has 0 saturated carbocycles. The molecule has 184 valence electrons. The molecule has 0 aliphatic heterocycles. The number of carbonyl (C=O) groups is 1. The number of nitrogens with one attached hydrogen (secondary N) is 1. The molecule has 0 fully saturated rings. The summed E-state index contributed by atoms with van der Waals surface area (Å²) >= 11 is 0. The first-order valence-electron chi connectivity index (χ1n) is 11.8. The molecular weight excluding hydrogens is 470 g/mol. The van der Waals surface area contributed by atoms with E-state index in [9.17, 15) is 13.6 Å². The van der Waals surface area contributed by atoms with Crippen molar-refractivity contribution in [2.24, 2.45) is 0 Å². The molecule has 4 nitrogen and oxygen atoms in total. The van der Waals surface area contributed by atoms with E-state index < -0.39 is 11.7 Å². The number of nitrogens with zero attached hydrogens (tertiary/aromatic N) is 1. The minimum atomic E-state index is -0.569. The summed E-state index contributed by atoms with van der Waals surface area (Å²) in [5.41, 5.74) is 4.48. The average Bonchev–Trinajstić information content (AvgIpc) is 2.91. The lowest BCUT2D eigenvalue weighted by molar-refractivity contribution is -0.117. The maximum absolute atomic E-state index is 14.0. The second kappa shape index (κ2) is 10.6. The van der Waals surface area contributed by atoms with Gasteiger partial charge in [0.2, 0.25) is 5.91 Å². The molecule has 1 unspecified atom stereocenters. The Morgan fingerprint density at radius 3 is 2.46 bits per heavy atom. The van der Waals surface area contributed by atoms with Crippen LogP contribution in [0.25, 0.3) is 22.0 Å². The number of benzene rings is 4. The maximum Gasteiger partial charge on any atom is 0.232 e. The first-order chi connectivity index (χ1) is 18.0. The van der Waals surface area contributed by atoms with E-state index >= 15 is 0 Å². The van der Waals surface area contributed by atoms with Crippen LogP contribution in [0.1, 0.15) is 17.0 Å². The van der Waals surface area contributed by atoms with Gasteiger partial charge in [0.25, 0.3) is 0 Å². The molecule has 5 aromatic rings. The predicted octanol–water partition coefficient (Wildman–Crippen LogP) is 7.15. The summed E-state index contributed by atoms with van der Waals surface area (Å²) in [6.45, 7) is 0. The average molecular weight is 495 g/mol. The first-order valence-corrected chi connectivity index (χ1v) is 11.8. The summed E-state index contributed by atoms with van der Waals surface area (Å²) < 4.78 is 33.2. The van der Waals surface area contributed by atoms with Crippen LogP contribution in [0.4, 0.5) is 14.5 Å². The highest BCUT2D eigenvalue weighted by molar-refractivity contribution is 5.97. The van der Waals surface area contributed by atoms with Gasteiger partial charge in [-0.2, -0.15) is 0 Å². The number of ether oxygens (including phenoxy) is 1. The molecule has 1 aromatic heterocycles. The molecule has 1 N–H and O–H groups in total. The molecule has 37 heavy (non-hydrogen) atoms. The molecule has 1 amide bonds. The van der Waals surface area contributed by atoms with Crippen LogP contribution in [0.15, 0.2) is 103 Å². The number of fused-ring (bicyclic) bond motifs is 1. The third kappa shape index (κ3) is 5.33. The van der Waals surface area contributed by atoms with E-state index in [4.69, 9.17) is 4.74 Å². The molecule has 0 saturated heterocycles. The highest BCUT2D eigenvalue weighted by Crippen LogP contribution is 2.32. The molecule has 4 aromatic carbocycles. The fourth-order valence-electron chi connectivity index (χ4n) is 4.51. The van der Waals surface area contributed by atoms with Gasteiger partial charge in [-0.1, -0.05) is 48.5 Å². The number of aromatic nitrogens is 1. The van der Waals surface area contributed by atoms with Crippen molar-refractivity contribution in [2.45, 2.75) is 12.3 Å². The number of pyridine rings is 1. The van der Waals surface area contributed by atoms with Crippen molar-refractivity contribution in [3.8, 4) is 16.9 Å². The second-order valence-corrected chi connectivity index (χ2v) is 8.71. The lowest BCUT2D eigenvalue weighted by Gasteiger charge is -2.19. The van der Waals surface area contributed by atoms with Gasteiger partial charge in [-0.15, -0.1) is 0 Å². The number of halogens is 2. The molecule has 6 heteroatoms. The maximum atomic E-state index is 14.0. The lowest BCUT2D eigenvalue weighted by atomic mass is 9.89. The Hall–Kier alpha value is -4.58. The number of methoxy groups -OCH3 is 1. The van der Waals surface area contributed by atoms with Crippen molar-refractivity contribution in [3.05, 3.63) is 126 Å². The molecule has 1 atom stereocenters. The van der Waals surface area contributed by atoms with E-state index in [0.717, 1.165) is 22.3 Å². The van der Waals surface area contributed by atoms with Crippen molar-refractivity contribution in [1.82, 2.24) is 4.98 Å². The number of anilines is 1. The molecule has 0 radical (unpaired) electrons. The molecule has 0 bridgehead atoms. The number of hydrogen-bond acceptors (Lipinski definition) is 3. The van der Waals surface area contributed by atoms with Gasteiger partial charge >= 0.3 is 0 Å². The third-order valence-electron chi connectivity index (χ3n) is 6.35. The highest BCUT2D eigenvalue weighted by Gasteiger charge is 2.23. The van der Waals surface area contributed by atoms with Gasteiger partial charge in [-0.25, -0.2) is 8.78 Å². The smallest absolute Gasteiger partial charge is 0.232 e. The zero-order valence-corrected chi connectivity index (χ0v) is 20.1. The van der Waals surface area contributed by atoms with Gasteiger partial charge in [-0.3, -0.25) is 9.78 Å². The topological polar surface area (TPSA) is 51.2 Å². The Kier molecular flexibility index (Phi) is 6.90. The predicted molar refractivity (Wildman–Crippen MR) is 142 cm³/mol. The molecule has 0 aliphatic rings. The minimum absolute atomic E-state index is 0.263. The van der Waals surface area contributed by atoms with Crippen molar-refractivity contribution >= 4 is 22.5 Å². The molecule has 0 aliphatic carbocycles. The SMILES string of the molecule is COc1ccccc1CC(C(=O)Nc1cccc(F)c1)c1ccc(-c2ccnc3ccc(F)cc23)cc1. The van der Waals surface area contributed by atoms with Gasteiger partial charge < -0.3 is 10.1 Å². The standard InChI is InChI=1S/C31H24F2N2O2/c1-37-30-8-3-2-5-22(30)17-27(31(36)35-25-7-4-6-23(32)18-25)21-11-9-20(10-12-21)26-15-16-34-29-14-13-24(33)19-28(26)29/h2-16,18-19,27H,17H2,1H3,(H,35,36). The summed E-state index contributed by atoms with van der Waals surface area (Å²) in [4.78, 5) is 17.8. The van der Waals surface area contributed by atoms with Gasteiger partial charge in [-0.05, 0) is 77.2 Å². The van der Waals surface area contributed by atoms with Crippen LogP contribution in [-0.2, 0) is 11.2 Å². The Bertz CT molecular complexity index is 1570. The zero-order valence-electron chi connectivity index (χ0n) is 20.1. The molecular formula is C31H24F2N2O2. The summed E-state index contributed by atoms with van der Waals surface area (Å²) in [5, 5.41) is 3.56. The number of hydrogen-bond donors (Lipinski definition) is 1. The Morgan fingerprint density at radius 2 is 1.68 bits per heavy atom. The fourth-order valence-corrected chi connectivity index (χ4v) is 4.51. The number of para-hydroxylation sites is 1. The second-order valence-electron chi connectivity index (χ2n) is 8.71. The van der Waals surface area contributed by atoms with Crippen molar-refractivity contribution in [2.75, 3.05) is 12.4 Å². The molecule has 0 spiro atoms. The van der Waals surface area contributed by atoms with Gasteiger partial charge in [0.05, 0.1) is 18.5 Å². The largest absolute Gasteiger partial charge is 0.496 e. The quantitative estimate of drug-likeness (QED) is 0.261.